The molecular weight excluding hydrogens is 1170 g/mol. The Kier molecular flexibility index (Phi) is 22.5. The summed E-state index contributed by atoms with van der Waals surface area (Å²) >= 11 is 0. The molecule has 1 aromatic heterocycles. The lowest BCUT2D eigenvalue weighted by molar-refractivity contribution is -0.396. The number of ether oxygens (including phenoxy) is 14. The summed E-state index contributed by atoms with van der Waals surface area (Å²) in [6, 6.07) is -1.80. The second-order valence-electron chi connectivity index (χ2n) is 21.5. The molecule has 21 N–H and O–H groups in total. The van der Waals surface area contributed by atoms with Gasteiger partial charge in [0, 0.05) is 12.4 Å². The van der Waals surface area contributed by atoms with Gasteiger partial charge in [-0.2, -0.15) is 0 Å². The van der Waals surface area contributed by atoms with Crippen LogP contribution in [-0.4, -0.2) is 379 Å². The van der Waals surface area contributed by atoms with E-state index in [9.17, 15) is 107 Å². The Morgan fingerprint density at radius 3 is 0.776 bits per heavy atom. The van der Waals surface area contributed by atoms with Gasteiger partial charge in [0.25, 0.3) is 0 Å². The largest absolute Gasteiger partial charge is 0.394 e. The van der Waals surface area contributed by atoms with Crippen molar-refractivity contribution in [2.75, 3.05) is 46.2 Å². The van der Waals surface area contributed by atoms with Crippen molar-refractivity contribution >= 4 is 5.91 Å². The number of nitrogens with one attached hydrogen (secondary N) is 1. The number of aliphatic hydroxyl groups is 20. The Labute approximate surface area is 479 Å². The molecule has 1 amide bonds. The number of carbonyl (C=O) groups is 1. The standard InChI is InChI=1S/C47H75N3O35/c51-4-12-34-20(49-19(58)3-50-2-1-48-11-50)21(59)41(72-12)80-35-13(5-52)74-43(29(67)23(35)61)82-37-15(7-54)76-45(31(69)25(37)63)84-39-17(9-56)78-47(33(71)27(39)65)85-40-18(10-57)77-46(32(70)26(40)64)83-38-16(8-55)75-44(30(68)24(38)62)81-36-14(6-53)73-42(79-34)28(66)22(36)60/h1-2,11-18,20-47,51-57,59-71H,3-10H2,(H,49,58)/t12-,13-,14-,15-,16-,17-,18-,20+,21+,22-,23+,24-,25+,26-,27-,28-,29+,30-,31+,32-,33-,34-,35-,36-,37-,38-,39-,40-,41-,42-,43-,44-,45-,46-,47-/m1/s1. The van der Waals surface area contributed by atoms with E-state index in [0.29, 0.717) is 0 Å². The van der Waals surface area contributed by atoms with Crippen LogP contribution >= 0.6 is 0 Å². The average molecular weight is 1240 g/mol. The predicted octanol–water partition coefficient (Wildman–Crippen LogP) is -15.2. The first-order chi connectivity index (χ1) is 40.6. The highest BCUT2D eigenvalue weighted by Gasteiger charge is 2.60. The first kappa shape index (κ1) is 66.7. The SMILES string of the molecule is O=C(Cn1ccnc1)N[C@H]1[C@H](O)[C@H]2O[C@H]3[C@@H](O)[C@H](O)[C@@H](O[C@H]4[C@@H](O)[C@H](O)[C@@H](O[C@H]5[C@H](O)[C@@H](O)[C@@H](O[C@H]6[C@H](O)[C@@H](O)[C@@H](O[C@H]7[C@H](O)[C@@H](O)[C@@H](O[C@H]8[C@H](O)[C@@H](O)[C@@H](O[C@@H]1[C@@H](CO)O2)O[C@@H]8CO)O[C@@H]7CO)O[C@@H]6CO)O[C@@H]5CO)O[C@@H]4CO)O[C@@H]3CO. The quantitative estimate of drug-likeness (QED) is 0.103. The molecule has 0 spiro atoms. The average Bonchev–Trinajstić information content (AvgIpc) is 3.27. The van der Waals surface area contributed by atoms with E-state index in [0.717, 1.165) is 0 Å². The zero-order chi connectivity index (χ0) is 61.5. The minimum absolute atomic E-state index is 0.461. The van der Waals surface area contributed by atoms with Crippen LogP contribution in [0.2, 0.25) is 0 Å². The maximum absolute atomic E-state index is 13.6. The van der Waals surface area contributed by atoms with Gasteiger partial charge in [-0.15, -0.1) is 0 Å². The highest BCUT2D eigenvalue weighted by Crippen LogP contribution is 2.39. The second kappa shape index (κ2) is 28.6. The molecule has 21 aliphatic heterocycles. The minimum Gasteiger partial charge on any atom is -0.394 e. The van der Waals surface area contributed by atoms with Crippen molar-refractivity contribution in [1.82, 2.24) is 14.9 Å². The van der Waals surface area contributed by atoms with E-state index < -0.39 is 274 Å². The molecule has 38 heteroatoms. The highest BCUT2D eigenvalue weighted by atomic mass is 16.8. The smallest absolute Gasteiger partial charge is 0.240 e. The van der Waals surface area contributed by atoms with Crippen molar-refractivity contribution in [3.8, 4) is 0 Å². The van der Waals surface area contributed by atoms with Gasteiger partial charge in [-0.1, -0.05) is 0 Å². The molecule has 85 heavy (non-hydrogen) atoms. The summed E-state index contributed by atoms with van der Waals surface area (Å²) in [5.41, 5.74) is 0. The summed E-state index contributed by atoms with van der Waals surface area (Å²) in [4.78, 5) is 17.5. The fourth-order valence-corrected chi connectivity index (χ4v) is 11.4. The van der Waals surface area contributed by atoms with Crippen LogP contribution in [0.4, 0.5) is 0 Å². The Morgan fingerprint density at radius 2 is 0.553 bits per heavy atom. The number of hydrogen-bond donors (Lipinski definition) is 21. The lowest BCUT2D eigenvalue weighted by atomic mass is 9.93. The van der Waals surface area contributed by atoms with E-state index >= 15 is 0 Å². The number of rotatable bonds is 10. The van der Waals surface area contributed by atoms with Crippen molar-refractivity contribution in [3.63, 3.8) is 0 Å². The fraction of sp³-hybridized carbons (Fsp3) is 0.915. The van der Waals surface area contributed by atoms with Gasteiger partial charge in [0.2, 0.25) is 5.91 Å². The van der Waals surface area contributed by atoms with E-state index in [4.69, 9.17) is 66.3 Å². The van der Waals surface area contributed by atoms with Crippen molar-refractivity contribution < 1.29 is 173 Å². The van der Waals surface area contributed by atoms with Gasteiger partial charge in [0.15, 0.2) is 44.0 Å². The van der Waals surface area contributed by atoms with Gasteiger partial charge in [0.05, 0.1) is 58.6 Å². The maximum atomic E-state index is 13.6. The summed E-state index contributed by atoms with van der Waals surface area (Å²) in [6.45, 7) is -7.91. The van der Waals surface area contributed by atoms with Crippen molar-refractivity contribution in [1.29, 1.82) is 0 Å². The third-order valence-electron chi connectivity index (χ3n) is 16.0. The number of carbonyl (C=O) groups excluding carboxylic acids is 1. The van der Waals surface area contributed by atoms with Gasteiger partial charge >= 0.3 is 0 Å². The van der Waals surface area contributed by atoms with Crippen LogP contribution in [0.15, 0.2) is 18.7 Å². The molecule has 38 nitrogen and oxygen atoms in total. The Hall–Kier alpha value is -2.68. The summed E-state index contributed by atoms with van der Waals surface area (Å²) in [5.74, 6) is -0.862. The monoisotopic (exact) mass is 1240 g/mol. The first-order valence-electron chi connectivity index (χ1n) is 27.1. The molecule has 14 bridgehead atoms. The van der Waals surface area contributed by atoms with E-state index in [2.05, 4.69) is 10.3 Å². The molecule has 488 valence electrons. The normalized spacial score (nSPS) is 51.2. The van der Waals surface area contributed by atoms with Gasteiger partial charge in [-0.25, -0.2) is 4.98 Å². The van der Waals surface area contributed by atoms with E-state index in [-0.39, 0.29) is 0 Å². The van der Waals surface area contributed by atoms with Crippen molar-refractivity contribution in [2.24, 2.45) is 0 Å². The molecular formula is C47H75N3O35. The first-order valence-corrected chi connectivity index (χ1v) is 27.1. The fourth-order valence-electron chi connectivity index (χ4n) is 11.4. The molecule has 1 aromatic rings. The molecule has 0 aromatic carbocycles. The second-order valence-corrected chi connectivity index (χ2v) is 21.5. The van der Waals surface area contributed by atoms with Crippen molar-refractivity contribution in [2.45, 2.75) is 221 Å². The molecule has 0 unspecified atom stereocenters. The Balaban J connectivity index is 1.02. The Bertz CT molecular complexity index is 2220. The molecule has 0 aliphatic carbocycles. The minimum atomic E-state index is -2.25. The summed E-state index contributed by atoms with van der Waals surface area (Å²) in [6.07, 6.45) is -64.8. The van der Waals surface area contributed by atoms with Crippen LogP contribution in [0.3, 0.4) is 0 Å². The molecule has 22 rings (SSSR count). The highest BCUT2D eigenvalue weighted by molar-refractivity contribution is 5.76. The Morgan fingerprint density at radius 1 is 0.329 bits per heavy atom. The summed E-state index contributed by atoms with van der Waals surface area (Å²) < 4.78 is 82.3. The third-order valence-corrected chi connectivity index (χ3v) is 16.0. The van der Waals surface area contributed by atoms with Crippen LogP contribution in [0, 0.1) is 0 Å². The third kappa shape index (κ3) is 13.5. The molecule has 22 heterocycles. The number of aromatic nitrogens is 2. The lowest BCUT2D eigenvalue weighted by Crippen LogP contribution is -2.70. The van der Waals surface area contributed by atoms with Gasteiger partial charge < -0.3 is 178 Å². The van der Waals surface area contributed by atoms with E-state index in [1.54, 1.807) is 0 Å². The van der Waals surface area contributed by atoms with Crippen LogP contribution in [0.25, 0.3) is 0 Å². The summed E-state index contributed by atoms with van der Waals surface area (Å²) in [5, 5.41) is 225. The number of nitrogens with zero attached hydrogens (tertiary/aromatic N) is 2. The molecule has 21 saturated heterocycles. The van der Waals surface area contributed by atoms with Crippen LogP contribution in [-0.2, 0) is 77.7 Å². The number of amides is 1. The summed E-state index contributed by atoms with van der Waals surface area (Å²) in [7, 11) is 0. The molecule has 0 saturated carbocycles. The zero-order valence-corrected chi connectivity index (χ0v) is 44.6. The zero-order valence-electron chi connectivity index (χ0n) is 44.6. The molecule has 35 atom stereocenters. The topological polar surface area (TPSA) is 581 Å². The number of imidazole rings is 1. The lowest BCUT2D eigenvalue weighted by Gasteiger charge is -2.50. The molecule has 21 fully saturated rings. The number of hydrogen-bond acceptors (Lipinski definition) is 36. The van der Waals surface area contributed by atoms with E-state index in [1.807, 2.05) is 0 Å². The molecule has 21 aliphatic rings. The maximum Gasteiger partial charge on any atom is 0.240 e. The van der Waals surface area contributed by atoms with Gasteiger partial charge in [-0.3, -0.25) is 4.79 Å². The predicted molar refractivity (Wildman–Crippen MR) is 257 cm³/mol. The van der Waals surface area contributed by atoms with Crippen LogP contribution in [0.1, 0.15) is 0 Å². The van der Waals surface area contributed by atoms with E-state index in [1.165, 1.54) is 23.3 Å². The van der Waals surface area contributed by atoms with Gasteiger partial charge in [-0.05, 0) is 0 Å². The van der Waals surface area contributed by atoms with Crippen LogP contribution < -0.4 is 5.32 Å². The molecule has 0 radical (unpaired) electrons. The van der Waals surface area contributed by atoms with Gasteiger partial charge in [0.1, 0.15) is 171 Å². The van der Waals surface area contributed by atoms with Crippen molar-refractivity contribution in [3.05, 3.63) is 18.7 Å². The van der Waals surface area contributed by atoms with Crippen LogP contribution in [0.5, 0.6) is 0 Å². The number of aliphatic hydroxyl groups excluding tert-OH is 20.